The molecule has 0 saturated carbocycles. The Morgan fingerprint density at radius 3 is 2.55 bits per heavy atom. The molecule has 0 saturated heterocycles. The fraction of sp³-hybridized carbons (Fsp3) is 0.400. The van der Waals surface area contributed by atoms with E-state index in [-0.39, 0.29) is 17.4 Å². The van der Waals surface area contributed by atoms with E-state index < -0.39 is 11.8 Å². The summed E-state index contributed by atoms with van der Waals surface area (Å²) >= 11 is 1.09. The third-order valence-corrected chi connectivity index (χ3v) is 4.79. The first kappa shape index (κ1) is 24.1. The molecule has 0 radical (unpaired) electrons. The van der Waals surface area contributed by atoms with Crippen LogP contribution in [0.3, 0.4) is 0 Å². The standard InChI is InChI=1S/C20H26N4O6S/c1-4-5-8-29-15-7-6-14(10-16(15)28-3)20(27)23-22-19(26)12-31-11-18(25)21-17-9-13(2)30-24-17/h6-7,9-10H,4-5,8,11-12H2,1-3H3,(H,22,26)(H,23,27)(H,21,24,25). The van der Waals surface area contributed by atoms with Gasteiger partial charge in [0, 0.05) is 11.6 Å². The Bertz CT molecular complexity index is 902. The van der Waals surface area contributed by atoms with Gasteiger partial charge in [-0.25, -0.2) is 0 Å². The molecule has 0 atom stereocenters. The van der Waals surface area contributed by atoms with E-state index >= 15 is 0 Å². The van der Waals surface area contributed by atoms with Crippen LogP contribution < -0.4 is 25.6 Å². The summed E-state index contributed by atoms with van der Waals surface area (Å²) in [4.78, 5) is 36.0. The monoisotopic (exact) mass is 450 g/mol. The Balaban J connectivity index is 1.73. The van der Waals surface area contributed by atoms with Crippen LogP contribution in [0, 0.1) is 6.92 Å². The molecule has 3 amide bonds. The Hall–Kier alpha value is -3.21. The third kappa shape index (κ3) is 8.21. The van der Waals surface area contributed by atoms with E-state index in [2.05, 4.69) is 28.2 Å². The van der Waals surface area contributed by atoms with Gasteiger partial charge in [0.25, 0.3) is 5.91 Å². The normalized spacial score (nSPS) is 10.3. The molecule has 2 aromatic rings. The van der Waals surface area contributed by atoms with Crippen molar-refractivity contribution in [3.63, 3.8) is 0 Å². The van der Waals surface area contributed by atoms with Gasteiger partial charge in [-0.3, -0.25) is 25.2 Å². The van der Waals surface area contributed by atoms with E-state index in [0.717, 1.165) is 24.6 Å². The topological polar surface area (TPSA) is 132 Å². The lowest BCUT2D eigenvalue weighted by Crippen LogP contribution is -2.42. The summed E-state index contributed by atoms with van der Waals surface area (Å²) in [5, 5.41) is 6.20. The Morgan fingerprint density at radius 2 is 1.87 bits per heavy atom. The van der Waals surface area contributed by atoms with Crippen LogP contribution in [-0.2, 0) is 9.59 Å². The minimum absolute atomic E-state index is 0.0148. The summed E-state index contributed by atoms with van der Waals surface area (Å²) in [6.07, 6.45) is 1.92. The van der Waals surface area contributed by atoms with E-state index in [0.29, 0.717) is 35.2 Å². The fourth-order valence-corrected chi connectivity index (χ4v) is 2.95. The lowest BCUT2D eigenvalue weighted by Gasteiger charge is -2.12. The average molecular weight is 451 g/mol. The van der Waals surface area contributed by atoms with E-state index in [4.69, 9.17) is 14.0 Å². The number of aromatic nitrogens is 1. The zero-order valence-electron chi connectivity index (χ0n) is 17.6. The number of amides is 3. The lowest BCUT2D eigenvalue weighted by molar-refractivity contribution is -0.119. The maximum atomic E-state index is 12.3. The Labute approximate surface area is 184 Å². The quantitative estimate of drug-likeness (QED) is 0.351. The molecule has 11 heteroatoms. The predicted molar refractivity (Wildman–Crippen MR) is 116 cm³/mol. The number of carbonyl (C=O) groups excluding carboxylic acids is 3. The van der Waals surface area contributed by atoms with Crippen molar-refractivity contribution >= 4 is 35.3 Å². The Kier molecular flexibility index (Phi) is 9.69. The van der Waals surface area contributed by atoms with Gasteiger partial charge in [-0.1, -0.05) is 18.5 Å². The molecular weight excluding hydrogens is 424 g/mol. The number of unbranched alkanes of at least 4 members (excludes halogenated alkanes) is 1. The van der Waals surface area contributed by atoms with Crippen molar-refractivity contribution in [3.8, 4) is 11.5 Å². The van der Waals surface area contributed by atoms with Gasteiger partial charge < -0.3 is 19.3 Å². The van der Waals surface area contributed by atoms with Gasteiger partial charge in [0.2, 0.25) is 11.8 Å². The summed E-state index contributed by atoms with van der Waals surface area (Å²) < 4.78 is 15.8. The molecule has 31 heavy (non-hydrogen) atoms. The first-order chi connectivity index (χ1) is 14.9. The van der Waals surface area contributed by atoms with E-state index in [1.807, 2.05) is 0 Å². The smallest absolute Gasteiger partial charge is 0.269 e. The Morgan fingerprint density at radius 1 is 1.10 bits per heavy atom. The van der Waals surface area contributed by atoms with E-state index in [1.165, 1.54) is 13.2 Å². The van der Waals surface area contributed by atoms with Crippen LogP contribution in [0.4, 0.5) is 5.82 Å². The van der Waals surface area contributed by atoms with Crippen molar-refractivity contribution in [2.45, 2.75) is 26.7 Å². The zero-order chi connectivity index (χ0) is 22.6. The van der Waals surface area contributed by atoms with Gasteiger partial charge in [0.1, 0.15) is 5.76 Å². The number of carbonyl (C=O) groups is 3. The van der Waals surface area contributed by atoms with Gasteiger partial charge in [-0.15, -0.1) is 11.8 Å². The van der Waals surface area contributed by atoms with Crippen molar-refractivity contribution < 1.29 is 28.4 Å². The summed E-state index contributed by atoms with van der Waals surface area (Å²) in [6, 6.07) is 6.35. The van der Waals surface area contributed by atoms with Crippen LogP contribution >= 0.6 is 11.8 Å². The molecule has 2 rings (SSSR count). The first-order valence-electron chi connectivity index (χ1n) is 9.63. The van der Waals surface area contributed by atoms with Crippen molar-refractivity contribution in [1.29, 1.82) is 0 Å². The molecule has 168 valence electrons. The molecule has 0 aliphatic rings. The molecule has 0 aliphatic carbocycles. The molecule has 1 aromatic carbocycles. The predicted octanol–water partition coefficient (Wildman–Crippen LogP) is 2.30. The van der Waals surface area contributed by atoms with Gasteiger partial charge in [0.15, 0.2) is 17.3 Å². The van der Waals surface area contributed by atoms with Crippen LogP contribution in [0.15, 0.2) is 28.8 Å². The molecule has 0 bridgehead atoms. The minimum atomic E-state index is -0.504. The number of hydrogen-bond acceptors (Lipinski definition) is 8. The third-order valence-electron chi connectivity index (χ3n) is 3.86. The second kappa shape index (κ2) is 12.5. The van der Waals surface area contributed by atoms with E-state index in [9.17, 15) is 14.4 Å². The molecule has 3 N–H and O–H groups in total. The zero-order valence-corrected chi connectivity index (χ0v) is 18.5. The highest BCUT2D eigenvalue weighted by Crippen LogP contribution is 2.28. The lowest BCUT2D eigenvalue weighted by atomic mass is 10.2. The van der Waals surface area contributed by atoms with Gasteiger partial charge in [-0.05, 0) is 31.5 Å². The number of hydrogen-bond donors (Lipinski definition) is 3. The van der Waals surface area contributed by atoms with Crippen LogP contribution in [0.1, 0.15) is 35.9 Å². The number of nitrogens with zero attached hydrogens (tertiary/aromatic N) is 1. The minimum Gasteiger partial charge on any atom is -0.493 e. The highest BCUT2D eigenvalue weighted by Gasteiger charge is 2.13. The van der Waals surface area contributed by atoms with Crippen LogP contribution in [0.5, 0.6) is 11.5 Å². The fourth-order valence-electron chi connectivity index (χ4n) is 2.33. The number of aryl methyl sites for hydroxylation is 1. The maximum Gasteiger partial charge on any atom is 0.269 e. The first-order valence-corrected chi connectivity index (χ1v) is 10.8. The highest BCUT2D eigenvalue weighted by atomic mass is 32.2. The van der Waals surface area contributed by atoms with E-state index in [1.54, 1.807) is 25.1 Å². The molecule has 0 aliphatic heterocycles. The number of thioether (sulfide) groups is 1. The molecule has 1 heterocycles. The van der Waals surface area contributed by atoms with Crippen molar-refractivity contribution in [2.75, 3.05) is 30.5 Å². The van der Waals surface area contributed by atoms with Crippen LogP contribution in [0.2, 0.25) is 0 Å². The number of benzene rings is 1. The SMILES string of the molecule is CCCCOc1ccc(C(=O)NNC(=O)CSCC(=O)Nc2cc(C)on2)cc1OC. The van der Waals surface area contributed by atoms with Crippen LogP contribution in [-0.4, -0.2) is 48.1 Å². The highest BCUT2D eigenvalue weighted by molar-refractivity contribution is 8.00. The van der Waals surface area contributed by atoms with Gasteiger partial charge in [-0.2, -0.15) is 0 Å². The molecular formula is C20H26N4O6S. The summed E-state index contributed by atoms with van der Waals surface area (Å²) in [7, 11) is 1.49. The molecule has 0 spiro atoms. The molecule has 0 unspecified atom stereocenters. The summed E-state index contributed by atoms with van der Waals surface area (Å²) in [6.45, 7) is 4.33. The summed E-state index contributed by atoms with van der Waals surface area (Å²) in [5.74, 6) is 0.634. The van der Waals surface area contributed by atoms with Gasteiger partial charge in [0.05, 0.1) is 25.2 Å². The number of hydrazine groups is 1. The van der Waals surface area contributed by atoms with Crippen LogP contribution in [0.25, 0.3) is 0 Å². The van der Waals surface area contributed by atoms with Crippen molar-refractivity contribution in [1.82, 2.24) is 16.0 Å². The number of nitrogens with one attached hydrogen (secondary N) is 3. The molecule has 0 fully saturated rings. The number of ether oxygens (including phenoxy) is 2. The molecule has 10 nitrogen and oxygen atoms in total. The average Bonchev–Trinajstić information content (AvgIpc) is 3.16. The van der Waals surface area contributed by atoms with Crippen molar-refractivity contribution in [2.24, 2.45) is 0 Å². The number of methoxy groups -OCH3 is 1. The number of anilines is 1. The largest absolute Gasteiger partial charge is 0.493 e. The van der Waals surface area contributed by atoms with Crippen molar-refractivity contribution in [3.05, 3.63) is 35.6 Å². The second-order valence-corrected chi connectivity index (χ2v) is 7.42. The maximum absolute atomic E-state index is 12.3. The summed E-state index contributed by atoms with van der Waals surface area (Å²) in [5.41, 5.74) is 4.94. The second-order valence-electron chi connectivity index (χ2n) is 6.43. The van der Waals surface area contributed by atoms with Gasteiger partial charge >= 0.3 is 0 Å². The number of rotatable bonds is 11. The molecule has 1 aromatic heterocycles.